The van der Waals surface area contributed by atoms with Crippen molar-refractivity contribution in [3.05, 3.63) is 48.0 Å². The third kappa shape index (κ3) is 4.22. The van der Waals surface area contributed by atoms with Gasteiger partial charge in [0.2, 0.25) is 0 Å². The summed E-state index contributed by atoms with van der Waals surface area (Å²) in [4.78, 5) is 0. The van der Waals surface area contributed by atoms with Crippen molar-refractivity contribution in [1.82, 2.24) is 5.32 Å². The summed E-state index contributed by atoms with van der Waals surface area (Å²) in [7, 11) is 0. The van der Waals surface area contributed by atoms with Crippen LogP contribution in [0.15, 0.2) is 42.5 Å². The Morgan fingerprint density at radius 1 is 1.05 bits per heavy atom. The Hall–Kier alpha value is -1.05. The average molecular weight is 290 g/mol. The second-order valence-corrected chi connectivity index (χ2v) is 5.78. The molecule has 20 heavy (non-hydrogen) atoms. The summed E-state index contributed by atoms with van der Waals surface area (Å²) < 4.78 is 0. The van der Waals surface area contributed by atoms with Crippen molar-refractivity contribution in [2.75, 3.05) is 12.4 Å². The first-order valence-electron chi connectivity index (χ1n) is 7.58. The number of hydrogen-bond donors (Lipinski definition) is 1. The van der Waals surface area contributed by atoms with Gasteiger partial charge in [-0.25, -0.2) is 0 Å². The van der Waals surface area contributed by atoms with E-state index in [1.165, 1.54) is 29.2 Å². The van der Waals surface area contributed by atoms with Crippen LogP contribution in [0.2, 0.25) is 0 Å². The molecule has 1 atom stereocenters. The Morgan fingerprint density at radius 3 is 2.65 bits per heavy atom. The zero-order valence-electron chi connectivity index (χ0n) is 12.2. The van der Waals surface area contributed by atoms with Crippen LogP contribution in [0.4, 0.5) is 0 Å². The molecule has 0 saturated heterocycles. The van der Waals surface area contributed by atoms with Crippen LogP contribution in [0.5, 0.6) is 0 Å². The van der Waals surface area contributed by atoms with Gasteiger partial charge in [-0.2, -0.15) is 0 Å². The van der Waals surface area contributed by atoms with Gasteiger partial charge in [0.15, 0.2) is 0 Å². The molecule has 0 heterocycles. The van der Waals surface area contributed by atoms with E-state index < -0.39 is 0 Å². The number of benzene rings is 2. The summed E-state index contributed by atoms with van der Waals surface area (Å²) in [5, 5.41) is 6.28. The fourth-order valence-corrected chi connectivity index (χ4v) is 3.08. The minimum atomic E-state index is 0.701. The average Bonchev–Trinajstić information content (AvgIpc) is 2.48. The van der Waals surface area contributed by atoms with Gasteiger partial charge in [-0.15, -0.1) is 11.6 Å². The smallest absolute Gasteiger partial charge is 0.0226 e. The molecular weight excluding hydrogens is 266 g/mol. The lowest BCUT2D eigenvalue weighted by Gasteiger charge is -2.16. The van der Waals surface area contributed by atoms with E-state index in [0.717, 1.165) is 25.4 Å². The zero-order chi connectivity index (χ0) is 14.2. The molecule has 0 aliphatic rings. The van der Waals surface area contributed by atoms with Gasteiger partial charge in [-0.3, -0.25) is 0 Å². The molecule has 108 valence electrons. The molecule has 2 heteroatoms. The summed E-state index contributed by atoms with van der Waals surface area (Å²) in [5.41, 5.74) is 1.38. The summed E-state index contributed by atoms with van der Waals surface area (Å²) >= 11 is 5.88. The molecule has 1 nitrogen and oxygen atoms in total. The number of fused-ring (bicyclic) bond motifs is 1. The first kappa shape index (κ1) is 15.3. The second kappa shape index (κ2) is 8.28. The van der Waals surface area contributed by atoms with Crippen LogP contribution in [0.25, 0.3) is 10.8 Å². The van der Waals surface area contributed by atoms with Gasteiger partial charge in [0.05, 0.1) is 0 Å². The SMILES string of the molecule is CCCC(CCCl)CNCc1cccc2ccccc12. The molecule has 2 rings (SSSR count). The monoisotopic (exact) mass is 289 g/mol. The Kier molecular flexibility index (Phi) is 6.35. The van der Waals surface area contributed by atoms with Crippen LogP contribution in [0, 0.1) is 5.92 Å². The number of nitrogens with one attached hydrogen (secondary N) is 1. The lowest BCUT2D eigenvalue weighted by atomic mass is 10.00. The second-order valence-electron chi connectivity index (χ2n) is 5.40. The minimum Gasteiger partial charge on any atom is -0.312 e. The Labute approximate surface area is 127 Å². The van der Waals surface area contributed by atoms with Crippen molar-refractivity contribution in [3.63, 3.8) is 0 Å². The van der Waals surface area contributed by atoms with Crippen molar-refractivity contribution in [1.29, 1.82) is 0 Å². The molecule has 0 aliphatic heterocycles. The third-order valence-electron chi connectivity index (χ3n) is 3.84. The molecule has 0 saturated carbocycles. The van der Waals surface area contributed by atoms with E-state index in [1.54, 1.807) is 0 Å². The number of alkyl halides is 1. The van der Waals surface area contributed by atoms with E-state index in [4.69, 9.17) is 11.6 Å². The van der Waals surface area contributed by atoms with Crippen LogP contribution in [0.3, 0.4) is 0 Å². The summed E-state index contributed by atoms with van der Waals surface area (Å²) in [6.45, 7) is 4.24. The minimum absolute atomic E-state index is 0.701. The van der Waals surface area contributed by atoms with Crippen LogP contribution in [-0.2, 0) is 6.54 Å². The highest BCUT2D eigenvalue weighted by atomic mass is 35.5. The first-order valence-corrected chi connectivity index (χ1v) is 8.12. The van der Waals surface area contributed by atoms with E-state index >= 15 is 0 Å². The van der Waals surface area contributed by atoms with Crippen molar-refractivity contribution in [2.24, 2.45) is 5.92 Å². The molecule has 0 bridgehead atoms. The third-order valence-corrected chi connectivity index (χ3v) is 4.06. The molecule has 0 radical (unpaired) electrons. The van der Waals surface area contributed by atoms with Crippen LogP contribution >= 0.6 is 11.6 Å². The summed E-state index contributed by atoms with van der Waals surface area (Å²) in [5.74, 6) is 1.47. The van der Waals surface area contributed by atoms with Gasteiger partial charge >= 0.3 is 0 Å². The lowest BCUT2D eigenvalue weighted by Crippen LogP contribution is -2.23. The van der Waals surface area contributed by atoms with Gasteiger partial charge < -0.3 is 5.32 Å². The van der Waals surface area contributed by atoms with Gasteiger partial charge in [0.25, 0.3) is 0 Å². The van der Waals surface area contributed by atoms with Gasteiger partial charge in [0.1, 0.15) is 0 Å². The maximum absolute atomic E-state index is 5.88. The standard InChI is InChI=1S/C18H24ClN/c1-2-6-15(11-12-19)13-20-14-17-9-5-8-16-7-3-4-10-18(16)17/h3-5,7-10,15,20H,2,6,11-14H2,1H3. The molecule has 0 aromatic heterocycles. The molecule has 2 aromatic carbocycles. The van der Waals surface area contributed by atoms with E-state index in [0.29, 0.717) is 5.92 Å². The van der Waals surface area contributed by atoms with Crippen molar-refractivity contribution in [3.8, 4) is 0 Å². The maximum atomic E-state index is 5.88. The first-order chi connectivity index (χ1) is 9.85. The van der Waals surface area contributed by atoms with Crippen molar-refractivity contribution < 1.29 is 0 Å². The maximum Gasteiger partial charge on any atom is 0.0226 e. The van der Waals surface area contributed by atoms with E-state index in [1.807, 2.05) is 0 Å². The normalized spacial score (nSPS) is 12.7. The molecule has 1 N–H and O–H groups in total. The highest BCUT2D eigenvalue weighted by molar-refractivity contribution is 6.17. The molecule has 0 spiro atoms. The lowest BCUT2D eigenvalue weighted by molar-refractivity contribution is 0.431. The topological polar surface area (TPSA) is 12.0 Å². The Balaban J connectivity index is 1.95. The van der Waals surface area contributed by atoms with Gasteiger partial charge in [0, 0.05) is 12.4 Å². The molecule has 0 fully saturated rings. The van der Waals surface area contributed by atoms with Crippen molar-refractivity contribution in [2.45, 2.75) is 32.7 Å². The number of rotatable bonds is 8. The molecular formula is C18H24ClN. The Morgan fingerprint density at radius 2 is 1.85 bits per heavy atom. The number of hydrogen-bond acceptors (Lipinski definition) is 1. The summed E-state index contributed by atoms with van der Waals surface area (Å²) in [6, 6.07) is 15.1. The molecule has 2 aromatic rings. The fraction of sp³-hybridized carbons (Fsp3) is 0.444. The zero-order valence-corrected chi connectivity index (χ0v) is 13.0. The Bertz CT molecular complexity index is 512. The van der Waals surface area contributed by atoms with E-state index in [9.17, 15) is 0 Å². The molecule has 1 unspecified atom stereocenters. The highest BCUT2D eigenvalue weighted by Gasteiger charge is 2.07. The largest absolute Gasteiger partial charge is 0.312 e. The van der Waals surface area contributed by atoms with Crippen LogP contribution in [-0.4, -0.2) is 12.4 Å². The van der Waals surface area contributed by atoms with Gasteiger partial charge in [-0.1, -0.05) is 55.8 Å². The van der Waals surface area contributed by atoms with Crippen LogP contribution in [0.1, 0.15) is 31.7 Å². The quantitative estimate of drug-likeness (QED) is 0.676. The molecule has 0 amide bonds. The van der Waals surface area contributed by atoms with Crippen molar-refractivity contribution >= 4 is 22.4 Å². The van der Waals surface area contributed by atoms with Crippen LogP contribution < -0.4 is 5.32 Å². The van der Waals surface area contributed by atoms with Gasteiger partial charge in [-0.05, 0) is 41.6 Å². The fourth-order valence-electron chi connectivity index (χ4n) is 2.77. The molecule has 0 aliphatic carbocycles. The van der Waals surface area contributed by atoms with E-state index in [-0.39, 0.29) is 0 Å². The number of halogens is 1. The predicted molar refractivity (Wildman–Crippen MR) is 89.4 cm³/mol. The summed E-state index contributed by atoms with van der Waals surface area (Å²) in [6.07, 6.45) is 3.60. The van der Waals surface area contributed by atoms with E-state index in [2.05, 4.69) is 54.7 Å². The predicted octanol–water partition coefficient (Wildman–Crippen LogP) is 4.97. The highest BCUT2D eigenvalue weighted by Crippen LogP contribution is 2.18.